The van der Waals surface area contributed by atoms with Gasteiger partial charge in [-0.3, -0.25) is 0 Å². The fraction of sp³-hybridized carbons (Fsp3) is 0.500. The van der Waals surface area contributed by atoms with Crippen LogP contribution in [0.25, 0.3) is 0 Å². The van der Waals surface area contributed by atoms with Crippen LogP contribution in [0.1, 0.15) is 20.8 Å². The van der Waals surface area contributed by atoms with Crippen LogP contribution in [0.5, 0.6) is 11.5 Å². The summed E-state index contributed by atoms with van der Waals surface area (Å²) in [7, 11) is 3.76. The first-order valence-corrected chi connectivity index (χ1v) is 4.99. The summed E-state index contributed by atoms with van der Waals surface area (Å²) in [5.41, 5.74) is 0.450. The predicted octanol–water partition coefficient (Wildman–Crippen LogP) is 2.64. The highest BCUT2D eigenvalue weighted by atomic mass is 16.5. The Bertz CT molecular complexity index is 340. The molecule has 0 heterocycles. The molecule has 0 aliphatic carbocycles. The molecule has 0 saturated heterocycles. The Labute approximate surface area is 91.3 Å². The average Bonchev–Trinajstić information content (AvgIpc) is 1.99. The van der Waals surface area contributed by atoms with Gasteiger partial charge < -0.3 is 14.7 Å². The molecule has 0 atom stereocenters. The highest BCUT2D eigenvalue weighted by Gasteiger charge is 2.17. The number of benzene rings is 1. The number of nitrogens with zero attached hydrogens (tertiary/aromatic N) is 1. The van der Waals surface area contributed by atoms with Crippen molar-refractivity contribution in [3.63, 3.8) is 0 Å². The molecule has 0 fully saturated rings. The van der Waals surface area contributed by atoms with Crippen LogP contribution >= 0.6 is 0 Å². The Morgan fingerprint density at radius 1 is 1.20 bits per heavy atom. The number of rotatable bonds is 2. The lowest BCUT2D eigenvalue weighted by molar-refractivity contribution is 0.131. The zero-order valence-corrected chi connectivity index (χ0v) is 10.0. The quantitative estimate of drug-likeness (QED) is 0.812. The Morgan fingerprint density at radius 3 is 2.27 bits per heavy atom. The third-order valence-electron chi connectivity index (χ3n) is 1.84. The van der Waals surface area contributed by atoms with Crippen molar-refractivity contribution in [2.24, 2.45) is 0 Å². The van der Waals surface area contributed by atoms with Crippen LogP contribution in [0.15, 0.2) is 18.2 Å². The van der Waals surface area contributed by atoms with Gasteiger partial charge in [-0.05, 0) is 32.9 Å². The number of anilines is 1. The molecule has 0 unspecified atom stereocenters. The highest BCUT2D eigenvalue weighted by molar-refractivity contribution is 5.66. The summed E-state index contributed by atoms with van der Waals surface area (Å²) in [4.78, 5) is 1.84. The van der Waals surface area contributed by atoms with Crippen molar-refractivity contribution in [2.45, 2.75) is 26.4 Å². The minimum Gasteiger partial charge on any atom is -0.506 e. The van der Waals surface area contributed by atoms with Crippen LogP contribution in [0, 0.1) is 0 Å². The topological polar surface area (TPSA) is 32.7 Å². The van der Waals surface area contributed by atoms with Crippen LogP contribution in [0.3, 0.4) is 0 Å². The highest BCUT2D eigenvalue weighted by Crippen LogP contribution is 2.37. The first-order valence-electron chi connectivity index (χ1n) is 4.99. The molecule has 0 bridgehead atoms. The molecule has 84 valence electrons. The zero-order chi connectivity index (χ0) is 11.6. The van der Waals surface area contributed by atoms with Crippen LogP contribution in [0.4, 0.5) is 5.69 Å². The standard InChI is InChI=1S/C12H19NO2/c1-12(2,3)15-10-8-6-7-9(14)11(10)13(4)5/h6-8,14H,1-5H3. The van der Waals surface area contributed by atoms with Gasteiger partial charge in [0.05, 0.1) is 0 Å². The van der Waals surface area contributed by atoms with Gasteiger partial charge in [0.1, 0.15) is 22.8 Å². The lowest BCUT2D eigenvalue weighted by Gasteiger charge is -2.26. The fourth-order valence-corrected chi connectivity index (χ4v) is 1.37. The van der Waals surface area contributed by atoms with E-state index in [9.17, 15) is 5.11 Å². The van der Waals surface area contributed by atoms with Crippen LogP contribution < -0.4 is 9.64 Å². The molecule has 1 aromatic carbocycles. The number of hydrogen-bond acceptors (Lipinski definition) is 3. The zero-order valence-electron chi connectivity index (χ0n) is 10.0. The van der Waals surface area contributed by atoms with E-state index in [2.05, 4.69) is 0 Å². The van der Waals surface area contributed by atoms with E-state index in [0.717, 1.165) is 0 Å². The number of phenols is 1. The number of phenolic OH excluding ortho intramolecular Hbond substituents is 1. The number of para-hydroxylation sites is 1. The minimum atomic E-state index is -0.265. The average molecular weight is 209 g/mol. The van der Waals surface area contributed by atoms with Crippen molar-refractivity contribution in [3.05, 3.63) is 18.2 Å². The van der Waals surface area contributed by atoms with Crippen molar-refractivity contribution in [1.29, 1.82) is 0 Å². The Morgan fingerprint density at radius 2 is 1.80 bits per heavy atom. The van der Waals surface area contributed by atoms with Crippen molar-refractivity contribution in [3.8, 4) is 11.5 Å². The normalized spacial score (nSPS) is 11.3. The van der Waals surface area contributed by atoms with E-state index in [1.54, 1.807) is 12.1 Å². The summed E-state index contributed by atoms with van der Waals surface area (Å²) in [5, 5.41) is 9.74. The Balaban J connectivity index is 3.12. The van der Waals surface area contributed by atoms with Gasteiger partial charge in [-0.2, -0.15) is 0 Å². The second-order valence-corrected chi connectivity index (χ2v) is 4.73. The Hall–Kier alpha value is -1.38. The van der Waals surface area contributed by atoms with E-state index < -0.39 is 0 Å². The molecule has 0 radical (unpaired) electrons. The molecule has 3 heteroatoms. The molecular formula is C12H19NO2. The summed E-state index contributed by atoms with van der Waals surface area (Å²) in [6.07, 6.45) is 0. The lowest BCUT2D eigenvalue weighted by atomic mass is 10.2. The molecule has 15 heavy (non-hydrogen) atoms. The third-order valence-corrected chi connectivity index (χ3v) is 1.84. The van der Waals surface area contributed by atoms with Gasteiger partial charge in [0.25, 0.3) is 0 Å². The SMILES string of the molecule is CN(C)c1c(O)cccc1OC(C)(C)C. The maximum Gasteiger partial charge on any atom is 0.147 e. The van der Waals surface area contributed by atoms with Gasteiger partial charge >= 0.3 is 0 Å². The molecule has 0 aliphatic heterocycles. The van der Waals surface area contributed by atoms with Crippen LogP contribution in [0.2, 0.25) is 0 Å². The van der Waals surface area contributed by atoms with Gasteiger partial charge in [-0.15, -0.1) is 0 Å². The predicted molar refractivity (Wildman–Crippen MR) is 62.8 cm³/mol. The maximum absolute atomic E-state index is 9.74. The molecule has 1 N–H and O–H groups in total. The smallest absolute Gasteiger partial charge is 0.147 e. The maximum atomic E-state index is 9.74. The number of hydrogen-bond donors (Lipinski definition) is 1. The second kappa shape index (κ2) is 4.01. The second-order valence-electron chi connectivity index (χ2n) is 4.73. The van der Waals surface area contributed by atoms with Crippen molar-refractivity contribution >= 4 is 5.69 Å². The molecule has 1 aromatic rings. The van der Waals surface area contributed by atoms with Crippen molar-refractivity contribution in [1.82, 2.24) is 0 Å². The lowest BCUT2D eigenvalue weighted by Crippen LogP contribution is -2.24. The van der Waals surface area contributed by atoms with E-state index in [1.807, 2.05) is 45.8 Å². The van der Waals surface area contributed by atoms with Gasteiger partial charge in [-0.1, -0.05) is 6.07 Å². The van der Waals surface area contributed by atoms with Gasteiger partial charge in [0.2, 0.25) is 0 Å². The van der Waals surface area contributed by atoms with E-state index in [4.69, 9.17) is 4.74 Å². The fourth-order valence-electron chi connectivity index (χ4n) is 1.37. The first-order chi connectivity index (χ1) is 6.81. The van der Waals surface area contributed by atoms with Gasteiger partial charge in [-0.25, -0.2) is 0 Å². The summed E-state index contributed by atoms with van der Waals surface area (Å²) >= 11 is 0. The summed E-state index contributed by atoms with van der Waals surface area (Å²) in [6.45, 7) is 5.95. The third kappa shape index (κ3) is 3.05. The first kappa shape index (κ1) is 11.7. The molecule has 0 spiro atoms. The van der Waals surface area contributed by atoms with E-state index in [1.165, 1.54) is 0 Å². The van der Waals surface area contributed by atoms with Crippen molar-refractivity contribution < 1.29 is 9.84 Å². The molecule has 0 aliphatic rings. The summed E-state index contributed by atoms with van der Waals surface area (Å²) < 4.78 is 5.77. The van der Waals surface area contributed by atoms with E-state index in [-0.39, 0.29) is 11.4 Å². The number of aromatic hydroxyl groups is 1. The van der Waals surface area contributed by atoms with E-state index in [0.29, 0.717) is 11.4 Å². The van der Waals surface area contributed by atoms with Gasteiger partial charge in [0.15, 0.2) is 0 Å². The van der Waals surface area contributed by atoms with Crippen LogP contribution in [-0.4, -0.2) is 24.8 Å². The largest absolute Gasteiger partial charge is 0.506 e. The van der Waals surface area contributed by atoms with Crippen molar-refractivity contribution in [2.75, 3.05) is 19.0 Å². The molecule has 3 nitrogen and oxygen atoms in total. The molecule has 1 rings (SSSR count). The Kier molecular flexibility index (Phi) is 3.12. The summed E-state index contributed by atoms with van der Waals surface area (Å²) in [6, 6.07) is 5.30. The molecule has 0 saturated carbocycles. The minimum absolute atomic E-state index is 0.238. The summed E-state index contributed by atoms with van der Waals surface area (Å²) in [5.74, 6) is 0.939. The van der Waals surface area contributed by atoms with Gasteiger partial charge in [0, 0.05) is 14.1 Å². The van der Waals surface area contributed by atoms with E-state index >= 15 is 0 Å². The monoisotopic (exact) mass is 209 g/mol. The molecule has 0 aromatic heterocycles. The number of ether oxygens (including phenoxy) is 1. The molecule has 0 amide bonds. The van der Waals surface area contributed by atoms with Crippen LogP contribution in [-0.2, 0) is 0 Å². The molecular weight excluding hydrogens is 190 g/mol.